The van der Waals surface area contributed by atoms with Crippen molar-refractivity contribution in [1.29, 1.82) is 0 Å². The number of amides is 1. The van der Waals surface area contributed by atoms with Gasteiger partial charge in [0, 0.05) is 12.2 Å². The van der Waals surface area contributed by atoms with Gasteiger partial charge in [0.15, 0.2) is 0 Å². The zero-order chi connectivity index (χ0) is 11.7. The Morgan fingerprint density at radius 3 is 3.12 bits per heavy atom. The molecular weight excluding hydrogens is 205 g/mol. The van der Waals surface area contributed by atoms with E-state index in [1.807, 2.05) is 25.1 Å². The van der Waals surface area contributed by atoms with Crippen LogP contribution in [0.15, 0.2) is 18.2 Å². The Morgan fingerprint density at radius 2 is 2.44 bits per heavy atom. The lowest BCUT2D eigenvalue weighted by molar-refractivity contribution is -0.118. The summed E-state index contributed by atoms with van der Waals surface area (Å²) in [6, 6.07) is 5.82. The maximum absolute atomic E-state index is 10.8. The Morgan fingerprint density at radius 1 is 1.69 bits per heavy atom. The number of primary amides is 1. The van der Waals surface area contributed by atoms with Crippen LogP contribution in [0.3, 0.4) is 0 Å². The van der Waals surface area contributed by atoms with E-state index in [1.165, 1.54) is 0 Å². The maximum Gasteiger partial charge on any atom is 0.526 e. The number of carbonyl (C=O) groups excluding carboxylic acids is 1. The van der Waals surface area contributed by atoms with Crippen LogP contribution >= 0.6 is 0 Å². The first-order valence-electron chi connectivity index (χ1n) is 5.29. The van der Waals surface area contributed by atoms with Crippen molar-refractivity contribution in [3.63, 3.8) is 0 Å². The van der Waals surface area contributed by atoms with Crippen LogP contribution in [0.2, 0.25) is 5.82 Å². The topological polar surface area (TPSA) is 72.6 Å². The minimum atomic E-state index is -0.943. The van der Waals surface area contributed by atoms with Crippen molar-refractivity contribution in [2.24, 2.45) is 5.73 Å². The number of rotatable bonds is 2. The molecule has 1 aromatic rings. The molecule has 1 unspecified atom stereocenters. The van der Waals surface area contributed by atoms with Crippen molar-refractivity contribution >= 4 is 13.0 Å². The fourth-order valence-corrected chi connectivity index (χ4v) is 2.07. The number of aryl methyl sites for hydroxylation is 1. The van der Waals surface area contributed by atoms with Gasteiger partial charge in [-0.1, -0.05) is 18.2 Å². The molecule has 0 aromatic heterocycles. The number of para-hydroxylation sites is 1. The van der Waals surface area contributed by atoms with Crippen LogP contribution < -0.4 is 10.4 Å². The first-order chi connectivity index (χ1) is 7.58. The van der Waals surface area contributed by atoms with Crippen LogP contribution in [-0.4, -0.2) is 18.0 Å². The largest absolute Gasteiger partial charge is 0.536 e. The Labute approximate surface area is 94.6 Å². The monoisotopic (exact) mass is 219 g/mol. The number of fused-ring (bicyclic) bond motifs is 1. The molecule has 84 valence electrons. The van der Waals surface area contributed by atoms with Gasteiger partial charge in [-0.25, -0.2) is 0 Å². The molecule has 1 aliphatic heterocycles. The van der Waals surface area contributed by atoms with Gasteiger partial charge in [-0.15, -0.1) is 0 Å². The van der Waals surface area contributed by atoms with Gasteiger partial charge in [0.2, 0.25) is 5.91 Å². The predicted octanol–water partition coefficient (Wildman–Crippen LogP) is 0.656. The number of hydrogen-bond donors (Lipinski definition) is 2. The van der Waals surface area contributed by atoms with Gasteiger partial charge in [-0.3, -0.25) is 4.79 Å². The summed E-state index contributed by atoms with van der Waals surface area (Å²) in [7, 11) is -0.943. The zero-order valence-electron chi connectivity index (χ0n) is 9.14. The second kappa shape index (κ2) is 4.18. The van der Waals surface area contributed by atoms with Crippen LogP contribution in [0, 0.1) is 6.92 Å². The molecule has 0 spiro atoms. The normalized spacial score (nSPS) is 18.9. The Bertz CT molecular complexity index is 422. The van der Waals surface area contributed by atoms with Gasteiger partial charge in [0.05, 0.1) is 0 Å². The molecule has 1 aromatic carbocycles. The zero-order valence-corrected chi connectivity index (χ0v) is 9.14. The molecule has 0 aliphatic carbocycles. The van der Waals surface area contributed by atoms with E-state index in [1.54, 1.807) is 0 Å². The Kier molecular flexibility index (Phi) is 2.87. The lowest BCUT2D eigenvalue weighted by atomic mass is 9.65. The predicted molar refractivity (Wildman–Crippen MR) is 61.0 cm³/mol. The molecule has 0 saturated heterocycles. The van der Waals surface area contributed by atoms with Gasteiger partial charge in [-0.05, 0) is 24.5 Å². The highest BCUT2D eigenvalue weighted by Crippen LogP contribution is 2.35. The molecule has 1 heterocycles. The van der Waals surface area contributed by atoms with Crippen LogP contribution in [0.4, 0.5) is 0 Å². The van der Waals surface area contributed by atoms with Gasteiger partial charge in [0.25, 0.3) is 0 Å². The van der Waals surface area contributed by atoms with E-state index in [0.29, 0.717) is 6.42 Å². The van der Waals surface area contributed by atoms with E-state index in [-0.39, 0.29) is 12.2 Å². The van der Waals surface area contributed by atoms with Crippen LogP contribution in [0.25, 0.3) is 0 Å². The molecule has 0 fully saturated rings. The van der Waals surface area contributed by atoms with E-state index < -0.39 is 13.0 Å². The lowest BCUT2D eigenvalue weighted by Gasteiger charge is -2.27. The molecule has 0 bridgehead atoms. The van der Waals surface area contributed by atoms with Crippen LogP contribution in [0.1, 0.15) is 17.5 Å². The molecule has 1 amide bonds. The second-order valence-corrected chi connectivity index (χ2v) is 4.21. The van der Waals surface area contributed by atoms with E-state index in [2.05, 4.69) is 0 Å². The standard InChI is InChI=1S/C11H14BNO3/c1-7-3-2-4-8-5-9(6-10(13)14)12(15)16-11(7)8/h2-4,9,15H,5-6H2,1H3,(H2,13,14). The first kappa shape index (κ1) is 11.0. The number of nitrogens with two attached hydrogens (primary N) is 1. The van der Waals surface area contributed by atoms with E-state index in [4.69, 9.17) is 10.4 Å². The molecule has 1 atom stereocenters. The molecule has 0 saturated carbocycles. The van der Waals surface area contributed by atoms with E-state index in [9.17, 15) is 9.82 Å². The van der Waals surface area contributed by atoms with Crippen molar-refractivity contribution < 1.29 is 14.5 Å². The second-order valence-electron chi connectivity index (χ2n) is 4.21. The summed E-state index contributed by atoms with van der Waals surface area (Å²) < 4.78 is 5.42. The molecule has 16 heavy (non-hydrogen) atoms. The number of hydrogen-bond acceptors (Lipinski definition) is 3. The molecule has 3 N–H and O–H groups in total. The maximum atomic E-state index is 10.8. The van der Waals surface area contributed by atoms with Gasteiger partial charge < -0.3 is 15.4 Å². The highest BCUT2D eigenvalue weighted by molar-refractivity contribution is 6.46. The Balaban J connectivity index is 2.25. The quantitative estimate of drug-likeness (QED) is 0.717. The average molecular weight is 219 g/mol. The molecule has 5 heteroatoms. The SMILES string of the molecule is Cc1cccc2c1OB(O)C(CC(N)=O)C2. The smallest absolute Gasteiger partial charge is 0.526 e. The molecular formula is C11H14BNO3. The fraction of sp³-hybridized carbons (Fsp3) is 0.364. The molecule has 0 radical (unpaired) electrons. The van der Waals surface area contributed by atoms with E-state index >= 15 is 0 Å². The highest BCUT2D eigenvalue weighted by atomic mass is 16.5. The molecule has 2 rings (SSSR count). The minimum Gasteiger partial charge on any atom is -0.536 e. The van der Waals surface area contributed by atoms with Gasteiger partial charge in [-0.2, -0.15) is 0 Å². The summed E-state index contributed by atoms with van der Waals surface area (Å²) >= 11 is 0. The summed E-state index contributed by atoms with van der Waals surface area (Å²) in [6.07, 6.45) is 0.773. The third-order valence-electron chi connectivity index (χ3n) is 2.88. The van der Waals surface area contributed by atoms with Crippen LogP contribution in [-0.2, 0) is 11.2 Å². The van der Waals surface area contributed by atoms with Crippen molar-refractivity contribution in [3.8, 4) is 5.75 Å². The lowest BCUT2D eigenvalue weighted by Crippen LogP contribution is -2.36. The fourth-order valence-electron chi connectivity index (χ4n) is 2.07. The highest BCUT2D eigenvalue weighted by Gasteiger charge is 2.35. The molecule has 4 nitrogen and oxygen atoms in total. The van der Waals surface area contributed by atoms with E-state index in [0.717, 1.165) is 16.9 Å². The van der Waals surface area contributed by atoms with Crippen molar-refractivity contribution in [2.45, 2.75) is 25.6 Å². The Hall–Kier alpha value is -1.49. The first-order valence-corrected chi connectivity index (χ1v) is 5.29. The summed E-state index contributed by atoms with van der Waals surface area (Å²) in [4.78, 5) is 10.8. The average Bonchev–Trinajstić information content (AvgIpc) is 2.20. The van der Waals surface area contributed by atoms with Crippen molar-refractivity contribution in [2.75, 3.05) is 0 Å². The summed E-state index contributed by atoms with van der Waals surface area (Å²) in [5, 5.41) is 9.76. The minimum absolute atomic E-state index is 0.147. The summed E-state index contributed by atoms with van der Waals surface area (Å²) in [5.41, 5.74) is 7.15. The van der Waals surface area contributed by atoms with Gasteiger partial charge >= 0.3 is 7.12 Å². The molecule has 1 aliphatic rings. The van der Waals surface area contributed by atoms with Crippen LogP contribution in [0.5, 0.6) is 5.75 Å². The van der Waals surface area contributed by atoms with Crippen molar-refractivity contribution in [3.05, 3.63) is 29.3 Å². The third-order valence-corrected chi connectivity index (χ3v) is 2.88. The number of benzene rings is 1. The summed E-state index contributed by atoms with van der Waals surface area (Å²) in [6.45, 7) is 1.93. The van der Waals surface area contributed by atoms with Crippen molar-refractivity contribution in [1.82, 2.24) is 0 Å². The third kappa shape index (κ3) is 2.04. The summed E-state index contributed by atoms with van der Waals surface area (Å²) in [5.74, 6) is 0.0753. The van der Waals surface area contributed by atoms with Gasteiger partial charge in [0.1, 0.15) is 5.75 Å². The number of carbonyl (C=O) groups is 1.